The molecule has 0 spiro atoms. The predicted octanol–water partition coefficient (Wildman–Crippen LogP) is 3.79. The zero-order valence-corrected chi connectivity index (χ0v) is 13.7. The molecule has 2 N–H and O–H groups in total. The van der Waals surface area contributed by atoms with E-state index < -0.39 is 23.8 Å². The number of nitrogens with zero attached hydrogens (tertiary/aromatic N) is 2. The lowest BCUT2D eigenvalue weighted by Crippen LogP contribution is -2.12. The molecule has 0 amide bonds. The molecule has 3 aromatic rings. The van der Waals surface area contributed by atoms with E-state index in [2.05, 4.69) is 9.97 Å². The van der Waals surface area contributed by atoms with Crippen LogP contribution in [0.4, 0.5) is 19.1 Å². The van der Waals surface area contributed by atoms with Crippen molar-refractivity contribution in [2.24, 2.45) is 0 Å². The van der Waals surface area contributed by atoms with Gasteiger partial charge < -0.3 is 14.9 Å². The quantitative estimate of drug-likeness (QED) is 0.701. The lowest BCUT2D eigenvalue weighted by atomic mass is 9.98. The predicted molar refractivity (Wildman–Crippen MR) is 87.5 cm³/mol. The van der Waals surface area contributed by atoms with Crippen molar-refractivity contribution < 1.29 is 27.1 Å². The largest absolute Gasteiger partial charge is 0.463 e. The van der Waals surface area contributed by atoms with Gasteiger partial charge in [0, 0.05) is 6.42 Å². The Kier molecular flexibility index (Phi) is 3.87. The number of hydrogen-bond donors (Lipinski definition) is 1. The number of anilines is 1. The number of halogens is 3. The highest BCUT2D eigenvalue weighted by Gasteiger charge is 2.39. The first-order chi connectivity index (χ1) is 12.8. The van der Waals surface area contributed by atoms with Crippen molar-refractivity contribution in [3.63, 3.8) is 0 Å². The van der Waals surface area contributed by atoms with Crippen LogP contribution in [0.5, 0.6) is 0 Å². The molecule has 1 atom stereocenters. The van der Waals surface area contributed by atoms with Crippen molar-refractivity contribution in [2.75, 3.05) is 5.73 Å². The van der Waals surface area contributed by atoms with Gasteiger partial charge in [-0.25, -0.2) is 14.8 Å². The van der Waals surface area contributed by atoms with E-state index >= 15 is 0 Å². The number of nitrogens with two attached hydrogens (primary N) is 1. The summed E-state index contributed by atoms with van der Waals surface area (Å²) in [6, 6.07) is 8.31. The number of cyclic esters (lactones) is 1. The molecule has 6 nitrogen and oxygen atoms in total. The first kappa shape index (κ1) is 17.1. The molecule has 0 aliphatic carbocycles. The van der Waals surface area contributed by atoms with Crippen molar-refractivity contribution in [3.05, 3.63) is 65.0 Å². The van der Waals surface area contributed by atoms with Gasteiger partial charge >= 0.3 is 12.1 Å². The van der Waals surface area contributed by atoms with Crippen molar-refractivity contribution in [3.8, 4) is 11.5 Å². The lowest BCUT2D eigenvalue weighted by molar-refractivity contribution is -0.138. The van der Waals surface area contributed by atoms with Gasteiger partial charge in [0.25, 0.3) is 0 Å². The van der Waals surface area contributed by atoms with Crippen molar-refractivity contribution in [2.45, 2.75) is 18.7 Å². The van der Waals surface area contributed by atoms with Crippen molar-refractivity contribution in [1.29, 1.82) is 0 Å². The van der Waals surface area contributed by atoms with Gasteiger partial charge in [0.05, 0.1) is 11.8 Å². The van der Waals surface area contributed by atoms with E-state index in [0.717, 1.165) is 6.07 Å². The standard InChI is InChI=1S/C18H12F3N3O3/c19-18(20,21)10-5-2-1-4-9(10)8-12-15-13(16(25)27-12)14(23-17(22)24-15)11-6-3-7-26-11/h1-7,12H,8H2,(H2,22,23,24). The number of nitrogen functional groups attached to an aromatic ring is 1. The second kappa shape index (κ2) is 6.11. The average molecular weight is 375 g/mol. The molecule has 4 rings (SSSR count). The second-order valence-electron chi connectivity index (χ2n) is 5.92. The van der Waals surface area contributed by atoms with E-state index in [1.54, 1.807) is 12.1 Å². The van der Waals surface area contributed by atoms with Crippen LogP contribution in [0.15, 0.2) is 47.1 Å². The molecular formula is C18H12F3N3O3. The van der Waals surface area contributed by atoms with Gasteiger partial charge in [0.15, 0.2) is 5.76 Å². The number of carbonyl (C=O) groups excluding carboxylic acids is 1. The second-order valence-corrected chi connectivity index (χ2v) is 5.92. The minimum atomic E-state index is -4.52. The van der Waals surface area contributed by atoms with E-state index in [0.29, 0.717) is 0 Å². The van der Waals surface area contributed by atoms with Crippen LogP contribution in [-0.4, -0.2) is 15.9 Å². The Bertz CT molecular complexity index is 1020. The lowest BCUT2D eigenvalue weighted by Gasteiger charge is -2.15. The fraction of sp³-hybridized carbons (Fsp3) is 0.167. The molecule has 1 aliphatic heterocycles. The summed E-state index contributed by atoms with van der Waals surface area (Å²) in [6.07, 6.45) is -4.32. The third kappa shape index (κ3) is 3.01. The number of esters is 1. The van der Waals surface area contributed by atoms with Gasteiger partial charge in [-0.2, -0.15) is 13.2 Å². The normalized spacial score (nSPS) is 16.3. The van der Waals surface area contributed by atoms with E-state index in [1.165, 1.54) is 24.5 Å². The van der Waals surface area contributed by atoms with Crippen LogP contribution < -0.4 is 5.73 Å². The van der Waals surface area contributed by atoms with Gasteiger partial charge in [-0.15, -0.1) is 0 Å². The van der Waals surface area contributed by atoms with Crippen molar-refractivity contribution in [1.82, 2.24) is 9.97 Å². The van der Waals surface area contributed by atoms with Crippen LogP contribution in [-0.2, 0) is 17.3 Å². The molecule has 138 valence electrons. The number of hydrogen-bond acceptors (Lipinski definition) is 6. The Morgan fingerprint density at radius 3 is 2.59 bits per heavy atom. The van der Waals surface area contributed by atoms with Gasteiger partial charge in [0.2, 0.25) is 5.95 Å². The average Bonchev–Trinajstić information content (AvgIpc) is 3.23. The van der Waals surface area contributed by atoms with Gasteiger partial charge in [-0.05, 0) is 23.8 Å². The summed E-state index contributed by atoms with van der Waals surface area (Å²) in [7, 11) is 0. The molecule has 1 aromatic carbocycles. The van der Waals surface area contributed by atoms with Crippen LogP contribution in [0.3, 0.4) is 0 Å². The van der Waals surface area contributed by atoms with Gasteiger partial charge in [-0.1, -0.05) is 18.2 Å². The molecule has 3 heterocycles. The highest BCUT2D eigenvalue weighted by atomic mass is 19.4. The third-order valence-corrected chi connectivity index (χ3v) is 4.20. The maximum Gasteiger partial charge on any atom is 0.416 e. The Hall–Kier alpha value is -3.36. The first-order valence-electron chi connectivity index (χ1n) is 7.92. The minimum absolute atomic E-state index is 0.00705. The third-order valence-electron chi connectivity index (χ3n) is 4.20. The number of alkyl halides is 3. The topological polar surface area (TPSA) is 91.2 Å². The maximum absolute atomic E-state index is 13.2. The molecule has 0 saturated carbocycles. The Morgan fingerprint density at radius 1 is 1.11 bits per heavy atom. The SMILES string of the molecule is Nc1nc(-c2ccco2)c2c(n1)C(Cc1ccccc1C(F)(F)F)OC2=O. The molecule has 9 heteroatoms. The molecule has 27 heavy (non-hydrogen) atoms. The summed E-state index contributed by atoms with van der Waals surface area (Å²) in [5.74, 6) is -0.577. The zero-order valence-electron chi connectivity index (χ0n) is 13.7. The molecule has 0 radical (unpaired) electrons. The summed E-state index contributed by atoms with van der Waals surface area (Å²) in [5.41, 5.74) is 5.28. The molecule has 1 aliphatic rings. The molecule has 2 aromatic heterocycles. The number of furan rings is 1. The Morgan fingerprint density at radius 2 is 1.89 bits per heavy atom. The number of rotatable bonds is 3. The minimum Gasteiger partial charge on any atom is -0.463 e. The summed E-state index contributed by atoms with van der Waals surface area (Å²) in [4.78, 5) is 20.4. The van der Waals surface area contributed by atoms with E-state index in [9.17, 15) is 18.0 Å². The van der Waals surface area contributed by atoms with Gasteiger partial charge in [0.1, 0.15) is 23.1 Å². The number of fused-ring (bicyclic) bond motifs is 1. The summed E-state index contributed by atoms with van der Waals surface area (Å²) in [5, 5.41) is 0. The van der Waals surface area contributed by atoms with Crippen LogP contribution in [0, 0.1) is 0 Å². The number of carbonyl (C=O) groups is 1. The van der Waals surface area contributed by atoms with Crippen molar-refractivity contribution >= 4 is 11.9 Å². The summed E-state index contributed by atoms with van der Waals surface area (Å²) in [6.45, 7) is 0. The highest BCUT2D eigenvalue weighted by Crippen LogP contribution is 2.39. The summed E-state index contributed by atoms with van der Waals surface area (Å²) < 4.78 is 50.3. The summed E-state index contributed by atoms with van der Waals surface area (Å²) >= 11 is 0. The molecule has 0 bridgehead atoms. The molecular weight excluding hydrogens is 363 g/mol. The first-order valence-corrected chi connectivity index (χ1v) is 7.92. The van der Waals surface area contributed by atoms with E-state index in [4.69, 9.17) is 14.9 Å². The highest BCUT2D eigenvalue weighted by molar-refractivity contribution is 5.99. The van der Waals surface area contributed by atoms with E-state index in [-0.39, 0.29) is 40.6 Å². The van der Waals surface area contributed by atoms with Crippen LogP contribution in [0.1, 0.15) is 33.3 Å². The Balaban J connectivity index is 1.78. The fourth-order valence-electron chi connectivity index (χ4n) is 3.08. The maximum atomic E-state index is 13.2. The number of ether oxygens (including phenoxy) is 1. The van der Waals surface area contributed by atoms with Crippen LogP contribution in [0.25, 0.3) is 11.5 Å². The molecule has 1 unspecified atom stereocenters. The zero-order chi connectivity index (χ0) is 19.2. The smallest absolute Gasteiger partial charge is 0.416 e. The fourth-order valence-corrected chi connectivity index (χ4v) is 3.08. The molecule has 0 saturated heterocycles. The van der Waals surface area contributed by atoms with Crippen LogP contribution in [0.2, 0.25) is 0 Å². The number of aromatic nitrogens is 2. The monoisotopic (exact) mass is 375 g/mol. The Labute approximate surface area is 150 Å². The van der Waals surface area contributed by atoms with Gasteiger partial charge in [-0.3, -0.25) is 0 Å². The van der Waals surface area contributed by atoms with E-state index in [1.807, 2.05) is 0 Å². The molecule has 0 fully saturated rings. The number of benzene rings is 1. The van der Waals surface area contributed by atoms with Crippen LogP contribution >= 0.6 is 0 Å².